The van der Waals surface area contributed by atoms with Gasteiger partial charge in [-0.1, -0.05) is 34.8 Å². The SMILES string of the molecule is O=C(Nc1ccc(Br)c(Cl)c1)c1ccc(Cl)cc1Cl. The Morgan fingerprint density at radius 2 is 1.74 bits per heavy atom. The van der Waals surface area contributed by atoms with E-state index in [4.69, 9.17) is 34.8 Å². The Bertz CT molecular complexity index is 646. The molecule has 2 aromatic carbocycles. The summed E-state index contributed by atoms with van der Waals surface area (Å²) in [5.74, 6) is -0.319. The highest BCUT2D eigenvalue weighted by Gasteiger charge is 2.11. The summed E-state index contributed by atoms with van der Waals surface area (Å²) in [4.78, 5) is 12.0. The second-order valence-corrected chi connectivity index (χ2v) is 5.81. The molecular weight excluding hydrogens is 372 g/mol. The van der Waals surface area contributed by atoms with Gasteiger partial charge in [0, 0.05) is 15.2 Å². The molecule has 0 aliphatic carbocycles. The average Bonchev–Trinajstić information content (AvgIpc) is 2.33. The molecule has 0 saturated heterocycles. The van der Waals surface area contributed by atoms with Crippen LogP contribution in [0.15, 0.2) is 40.9 Å². The van der Waals surface area contributed by atoms with Gasteiger partial charge in [0.2, 0.25) is 0 Å². The van der Waals surface area contributed by atoms with Gasteiger partial charge in [-0.05, 0) is 52.3 Å². The van der Waals surface area contributed by atoms with Crippen LogP contribution in [0.5, 0.6) is 0 Å². The minimum atomic E-state index is -0.319. The van der Waals surface area contributed by atoms with Gasteiger partial charge in [-0.15, -0.1) is 0 Å². The van der Waals surface area contributed by atoms with Crippen molar-refractivity contribution in [2.24, 2.45) is 0 Å². The first-order valence-corrected chi connectivity index (χ1v) is 7.11. The van der Waals surface area contributed by atoms with Crippen LogP contribution in [-0.4, -0.2) is 5.91 Å². The van der Waals surface area contributed by atoms with Gasteiger partial charge >= 0.3 is 0 Å². The molecule has 0 radical (unpaired) electrons. The molecule has 0 heterocycles. The van der Waals surface area contributed by atoms with Gasteiger partial charge in [0.25, 0.3) is 5.91 Å². The van der Waals surface area contributed by atoms with Crippen molar-refractivity contribution in [3.05, 3.63) is 61.5 Å². The van der Waals surface area contributed by atoms with E-state index in [0.717, 1.165) is 4.47 Å². The van der Waals surface area contributed by atoms with Crippen LogP contribution in [0.1, 0.15) is 10.4 Å². The summed E-state index contributed by atoms with van der Waals surface area (Å²) >= 11 is 21.0. The normalized spacial score (nSPS) is 10.3. The average molecular weight is 379 g/mol. The van der Waals surface area contributed by atoms with E-state index < -0.39 is 0 Å². The molecule has 1 N–H and O–H groups in total. The monoisotopic (exact) mass is 377 g/mol. The predicted octanol–water partition coefficient (Wildman–Crippen LogP) is 5.66. The van der Waals surface area contributed by atoms with Crippen molar-refractivity contribution in [1.82, 2.24) is 0 Å². The smallest absolute Gasteiger partial charge is 0.257 e. The number of carbonyl (C=O) groups excluding carboxylic acids is 1. The molecule has 0 aliphatic rings. The van der Waals surface area contributed by atoms with Crippen molar-refractivity contribution < 1.29 is 4.79 Å². The maximum absolute atomic E-state index is 12.0. The van der Waals surface area contributed by atoms with E-state index in [1.165, 1.54) is 6.07 Å². The van der Waals surface area contributed by atoms with Crippen LogP contribution in [-0.2, 0) is 0 Å². The summed E-state index contributed by atoms with van der Waals surface area (Å²) in [6.45, 7) is 0. The standard InChI is InChI=1S/C13H7BrCl3NO/c14-10-4-2-8(6-12(10)17)18-13(19)9-3-1-7(15)5-11(9)16/h1-6H,(H,18,19). The minimum absolute atomic E-state index is 0.299. The zero-order valence-corrected chi connectivity index (χ0v) is 13.2. The number of rotatable bonds is 2. The van der Waals surface area contributed by atoms with E-state index in [-0.39, 0.29) is 5.91 Å². The molecule has 6 heteroatoms. The van der Waals surface area contributed by atoms with Crippen molar-refractivity contribution in [3.63, 3.8) is 0 Å². The first-order valence-electron chi connectivity index (χ1n) is 5.19. The van der Waals surface area contributed by atoms with Gasteiger partial charge < -0.3 is 5.32 Å². The maximum atomic E-state index is 12.0. The molecule has 0 aromatic heterocycles. The summed E-state index contributed by atoms with van der Waals surface area (Å²) in [5.41, 5.74) is 0.939. The zero-order valence-electron chi connectivity index (χ0n) is 9.38. The summed E-state index contributed by atoms with van der Waals surface area (Å²) in [6.07, 6.45) is 0. The molecule has 0 unspecified atom stereocenters. The number of benzene rings is 2. The van der Waals surface area contributed by atoms with Gasteiger partial charge in [-0.25, -0.2) is 0 Å². The number of halogens is 4. The number of nitrogens with one attached hydrogen (secondary N) is 1. The zero-order chi connectivity index (χ0) is 14.0. The Hall–Kier alpha value is -0.740. The number of hydrogen-bond donors (Lipinski definition) is 1. The third-order valence-electron chi connectivity index (χ3n) is 2.35. The molecule has 98 valence electrons. The van der Waals surface area contributed by atoms with Crippen LogP contribution in [0.25, 0.3) is 0 Å². The van der Waals surface area contributed by atoms with Crippen molar-refractivity contribution >= 4 is 62.3 Å². The molecule has 0 saturated carbocycles. The van der Waals surface area contributed by atoms with Gasteiger partial charge in [0.1, 0.15) is 0 Å². The van der Waals surface area contributed by atoms with E-state index in [0.29, 0.717) is 26.3 Å². The molecule has 2 nitrogen and oxygen atoms in total. The van der Waals surface area contributed by atoms with Crippen molar-refractivity contribution in [2.45, 2.75) is 0 Å². The van der Waals surface area contributed by atoms with Gasteiger partial charge in [0.15, 0.2) is 0 Å². The molecule has 2 rings (SSSR count). The fourth-order valence-corrected chi connectivity index (χ4v) is 2.37. The van der Waals surface area contributed by atoms with Crippen LogP contribution in [0.3, 0.4) is 0 Å². The maximum Gasteiger partial charge on any atom is 0.257 e. The Balaban J connectivity index is 2.23. The van der Waals surface area contributed by atoms with Crippen LogP contribution in [0, 0.1) is 0 Å². The summed E-state index contributed by atoms with van der Waals surface area (Å²) in [5, 5.41) is 4.01. The molecule has 19 heavy (non-hydrogen) atoms. The molecule has 0 bridgehead atoms. The number of carbonyl (C=O) groups is 1. The topological polar surface area (TPSA) is 29.1 Å². The number of amides is 1. The quantitative estimate of drug-likeness (QED) is 0.716. The van der Waals surface area contributed by atoms with Gasteiger partial charge in [0.05, 0.1) is 15.6 Å². The molecule has 1 amide bonds. The minimum Gasteiger partial charge on any atom is -0.322 e. The third-order valence-corrected chi connectivity index (χ3v) is 4.13. The molecule has 0 atom stereocenters. The second kappa shape index (κ2) is 6.14. The van der Waals surface area contributed by atoms with Crippen molar-refractivity contribution in [3.8, 4) is 0 Å². The number of hydrogen-bond acceptors (Lipinski definition) is 1. The van der Waals surface area contributed by atoms with Crippen molar-refractivity contribution in [1.29, 1.82) is 0 Å². The van der Waals surface area contributed by atoms with Crippen LogP contribution in [0.4, 0.5) is 5.69 Å². The largest absolute Gasteiger partial charge is 0.322 e. The molecule has 0 aliphatic heterocycles. The van der Waals surface area contributed by atoms with E-state index in [2.05, 4.69) is 21.2 Å². The third kappa shape index (κ3) is 3.63. The first-order chi connectivity index (χ1) is 8.97. The lowest BCUT2D eigenvalue weighted by molar-refractivity contribution is 0.102. The Morgan fingerprint density at radius 3 is 2.37 bits per heavy atom. The second-order valence-electron chi connectivity index (χ2n) is 3.71. The molecule has 0 fully saturated rings. The summed E-state index contributed by atoms with van der Waals surface area (Å²) in [6, 6.07) is 9.83. The van der Waals surface area contributed by atoms with E-state index in [1.54, 1.807) is 30.3 Å². The van der Waals surface area contributed by atoms with Gasteiger partial charge in [-0.3, -0.25) is 4.79 Å². The Morgan fingerprint density at radius 1 is 1.00 bits per heavy atom. The Labute approximate surface area is 133 Å². The highest BCUT2D eigenvalue weighted by molar-refractivity contribution is 9.10. The van der Waals surface area contributed by atoms with Crippen LogP contribution >= 0.6 is 50.7 Å². The van der Waals surface area contributed by atoms with E-state index in [1.807, 2.05) is 0 Å². The predicted molar refractivity (Wildman–Crippen MR) is 83.6 cm³/mol. The fourth-order valence-electron chi connectivity index (χ4n) is 1.45. The highest BCUT2D eigenvalue weighted by Crippen LogP contribution is 2.27. The lowest BCUT2D eigenvalue weighted by Gasteiger charge is -2.08. The van der Waals surface area contributed by atoms with Crippen LogP contribution < -0.4 is 5.32 Å². The van der Waals surface area contributed by atoms with Crippen LogP contribution in [0.2, 0.25) is 15.1 Å². The first kappa shape index (κ1) is 14.7. The lowest BCUT2D eigenvalue weighted by atomic mass is 10.2. The Kier molecular flexibility index (Phi) is 4.74. The fraction of sp³-hybridized carbons (Fsp3) is 0. The summed E-state index contributed by atoms with van der Waals surface area (Å²) in [7, 11) is 0. The molecular formula is C13H7BrCl3NO. The molecule has 2 aromatic rings. The summed E-state index contributed by atoms with van der Waals surface area (Å²) < 4.78 is 0.761. The number of anilines is 1. The van der Waals surface area contributed by atoms with Crippen molar-refractivity contribution in [2.75, 3.05) is 5.32 Å². The lowest BCUT2D eigenvalue weighted by Crippen LogP contribution is -2.12. The highest BCUT2D eigenvalue weighted by atomic mass is 79.9. The molecule has 0 spiro atoms. The van der Waals surface area contributed by atoms with E-state index in [9.17, 15) is 4.79 Å². The van der Waals surface area contributed by atoms with E-state index >= 15 is 0 Å². The van der Waals surface area contributed by atoms with Gasteiger partial charge in [-0.2, -0.15) is 0 Å².